The molecule has 7 heteroatoms. The fraction of sp³-hybridized carbons (Fsp3) is 0.478. The van der Waals surface area contributed by atoms with Crippen molar-refractivity contribution in [2.45, 2.75) is 31.8 Å². The second kappa shape index (κ2) is 10.9. The number of benzene rings is 1. The lowest BCUT2D eigenvalue weighted by atomic mass is 9.89. The van der Waals surface area contributed by atoms with Gasteiger partial charge in [-0.3, -0.25) is 14.5 Å². The zero-order chi connectivity index (χ0) is 21.3. The smallest absolute Gasteiger partial charge is 0.240 e. The number of piperidine rings is 1. The standard InChI is InChI=1S/C23H31N3O4/c1-29-13-10-24-23(28)17-26-16-22(30-2)21(27)14-20(26)15-25-11-8-19(9-12-25)18-6-4-3-5-7-18/h3-7,14,16,19H,8-13,15,17H2,1-2H3,(H,24,28). The van der Waals surface area contributed by atoms with Gasteiger partial charge in [0.15, 0.2) is 5.75 Å². The first-order valence-electron chi connectivity index (χ1n) is 10.4. The van der Waals surface area contributed by atoms with E-state index in [0.29, 0.717) is 25.6 Å². The maximum Gasteiger partial charge on any atom is 0.240 e. The maximum atomic E-state index is 12.3. The van der Waals surface area contributed by atoms with E-state index in [1.807, 2.05) is 10.6 Å². The Bertz CT molecular complexity index is 874. The van der Waals surface area contributed by atoms with Gasteiger partial charge in [-0.1, -0.05) is 30.3 Å². The van der Waals surface area contributed by atoms with Gasteiger partial charge in [0.2, 0.25) is 11.3 Å². The molecule has 0 bridgehead atoms. The van der Waals surface area contributed by atoms with Crippen LogP contribution >= 0.6 is 0 Å². The van der Waals surface area contributed by atoms with E-state index in [4.69, 9.17) is 9.47 Å². The molecular weight excluding hydrogens is 382 g/mol. The normalized spacial score (nSPS) is 15.1. The van der Waals surface area contributed by atoms with E-state index < -0.39 is 0 Å². The van der Waals surface area contributed by atoms with Crippen LogP contribution in [0, 0.1) is 0 Å². The van der Waals surface area contributed by atoms with E-state index in [-0.39, 0.29) is 23.6 Å². The van der Waals surface area contributed by atoms with Crippen LogP contribution < -0.4 is 15.5 Å². The van der Waals surface area contributed by atoms with Gasteiger partial charge in [-0.15, -0.1) is 0 Å². The Morgan fingerprint density at radius 2 is 1.90 bits per heavy atom. The third-order valence-corrected chi connectivity index (χ3v) is 5.59. The lowest BCUT2D eigenvalue weighted by Crippen LogP contribution is -2.35. The molecule has 30 heavy (non-hydrogen) atoms. The summed E-state index contributed by atoms with van der Waals surface area (Å²) >= 11 is 0. The Hall–Kier alpha value is -2.64. The molecule has 1 amide bonds. The van der Waals surface area contributed by atoms with Crippen molar-refractivity contribution in [3.8, 4) is 5.75 Å². The lowest BCUT2D eigenvalue weighted by Gasteiger charge is -2.32. The third kappa shape index (κ3) is 5.93. The summed E-state index contributed by atoms with van der Waals surface area (Å²) in [7, 11) is 3.06. The van der Waals surface area contributed by atoms with Crippen molar-refractivity contribution in [3.63, 3.8) is 0 Å². The van der Waals surface area contributed by atoms with Gasteiger partial charge in [0.1, 0.15) is 6.54 Å². The van der Waals surface area contributed by atoms with Crippen molar-refractivity contribution >= 4 is 5.91 Å². The van der Waals surface area contributed by atoms with E-state index in [1.54, 1.807) is 19.4 Å². The van der Waals surface area contributed by atoms with Crippen LogP contribution in [0.25, 0.3) is 0 Å². The molecule has 1 saturated heterocycles. The van der Waals surface area contributed by atoms with E-state index >= 15 is 0 Å². The number of rotatable bonds is 9. The van der Waals surface area contributed by atoms with Crippen molar-refractivity contribution in [2.24, 2.45) is 0 Å². The molecular formula is C23H31N3O4. The van der Waals surface area contributed by atoms with E-state index in [2.05, 4.69) is 34.5 Å². The summed E-state index contributed by atoms with van der Waals surface area (Å²) in [5, 5.41) is 2.82. The summed E-state index contributed by atoms with van der Waals surface area (Å²) in [5.41, 5.74) is 2.05. The number of amides is 1. The highest BCUT2D eigenvalue weighted by Gasteiger charge is 2.22. The number of pyridine rings is 1. The first-order valence-corrected chi connectivity index (χ1v) is 10.4. The second-order valence-corrected chi connectivity index (χ2v) is 7.63. The molecule has 1 fully saturated rings. The van der Waals surface area contributed by atoms with Gasteiger partial charge < -0.3 is 19.4 Å². The fourth-order valence-electron chi connectivity index (χ4n) is 3.91. The summed E-state index contributed by atoms with van der Waals surface area (Å²) in [4.78, 5) is 27.0. The van der Waals surface area contributed by atoms with Gasteiger partial charge >= 0.3 is 0 Å². The van der Waals surface area contributed by atoms with Gasteiger partial charge in [-0.2, -0.15) is 0 Å². The predicted molar refractivity (Wildman–Crippen MR) is 116 cm³/mol. The Morgan fingerprint density at radius 3 is 2.57 bits per heavy atom. The molecule has 2 aromatic rings. The highest BCUT2D eigenvalue weighted by Crippen LogP contribution is 2.28. The molecule has 162 valence electrons. The number of ether oxygens (including phenoxy) is 2. The quantitative estimate of drug-likeness (QED) is 0.637. The number of likely N-dealkylation sites (tertiary alicyclic amines) is 1. The number of methoxy groups -OCH3 is 2. The Morgan fingerprint density at radius 1 is 1.17 bits per heavy atom. The summed E-state index contributed by atoms with van der Waals surface area (Å²) < 4.78 is 12.0. The minimum absolute atomic E-state index is 0.123. The predicted octanol–water partition coefficient (Wildman–Crippen LogP) is 2.00. The number of hydrogen-bond donors (Lipinski definition) is 1. The SMILES string of the molecule is COCCNC(=O)Cn1cc(OC)c(=O)cc1CN1CCC(c2ccccc2)CC1. The molecule has 1 aromatic carbocycles. The summed E-state index contributed by atoms with van der Waals surface area (Å²) in [6.45, 7) is 3.60. The number of aromatic nitrogens is 1. The number of carbonyl (C=O) groups excluding carboxylic acids is 1. The summed E-state index contributed by atoms with van der Waals surface area (Å²) in [6.07, 6.45) is 3.80. The van der Waals surface area contributed by atoms with Crippen LogP contribution in [0.3, 0.4) is 0 Å². The molecule has 0 radical (unpaired) electrons. The largest absolute Gasteiger partial charge is 0.491 e. The second-order valence-electron chi connectivity index (χ2n) is 7.63. The summed E-state index contributed by atoms with van der Waals surface area (Å²) in [6, 6.07) is 12.2. The minimum atomic E-state index is -0.164. The maximum absolute atomic E-state index is 12.3. The van der Waals surface area contributed by atoms with Gasteiger partial charge in [0, 0.05) is 32.0 Å². The van der Waals surface area contributed by atoms with Crippen molar-refractivity contribution in [3.05, 3.63) is 64.1 Å². The first kappa shape index (κ1) is 22.1. The van der Waals surface area contributed by atoms with Crippen molar-refractivity contribution in [2.75, 3.05) is 40.5 Å². The van der Waals surface area contributed by atoms with Gasteiger partial charge in [-0.25, -0.2) is 0 Å². The van der Waals surface area contributed by atoms with Gasteiger partial charge in [-0.05, 0) is 37.4 Å². The number of carbonyl (C=O) groups is 1. The topological polar surface area (TPSA) is 72.8 Å². The molecule has 1 aliphatic heterocycles. The minimum Gasteiger partial charge on any atom is -0.491 e. The molecule has 0 aliphatic carbocycles. The van der Waals surface area contributed by atoms with Gasteiger partial charge in [0.05, 0.1) is 19.9 Å². The Kier molecular flexibility index (Phi) is 8.04. The molecule has 1 aliphatic rings. The van der Waals surface area contributed by atoms with Crippen molar-refractivity contribution < 1.29 is 14.3 Å². The monoisotopic (exact) mass is 413 g/mol. The number of hydrogen-bond acceptors (Lipinski definition) is 5. The molecule has 0 atom stereocenters. The molecule has 0 spiro atoms. The van der Waals surface area contributed by atoms with E-state index in [9.17, 15) is 9.59 Å². The molecule has 0 saturated carbocycles. The highest BCUT2D eigenvalue weighted by atomic mass is 16.5. The van der Waals surface area contributed by atoms with Crippen molar-refractivity contribution in [1.82, 2.24) is 14.8 Å². The van der Waals surface area contributed by atoms with Crippen LogP contribution in [-0.4, -0.2) is 55.8 Å². The Balaban J connectivity index is 1.66. The number of nitrogens with one attached hydrogen (secondary N) is 1. The Labute approximate surface area is 177 Å². The van der Waals surface area contributed by atoms with Crippen LogP contribution in [-0.2, 0) is 22.6 Å². The van der Waals surface area contributed by atoms with Crippen LogP contribution in [0.2, 0.25) is 0 Å². The van der Waals surface area contributed by atoms with E-state index in [0.717, 1.165) is 31.6 Å². The van der Waals surface area contributed by atoms with Crippen LogP contribution in [0.4, 0.5) is 0 Å². The summed E-state index contributed by atoms with van der Waals surface area (Å²) in [5.74, 6) is 0.695. The zero-order valence-corrected chi connectivity index (χ0v) is 17.8. The molecule has 2 heterocycles. The van der Waals surface area contributed by atoms with Crippen LogP contribution in [0.1, 0.15) is 30.0 Å². The first-order chi connectivity index (χ1) is 14.6. The van der Waals surface area contributed by atoms with Crippen molar-refractivity contribution in [1.29, 1.82) is 0 Å². The zero-order valence-electron chi connectivity index (χ0n) is 17.8. The third-order valence-electron chi connectivity index (χ3n) is 5.59. The number of nitrogens with zero attached hydrogens (tertiary/aromatic N) is 2. The molecule has 1 N–H and O–H groups in total. The highest BCUT2D eigenvalue weighted by molar-refractivity contribution is 5.75. The van der Waals surface area contributed by atoms with Crippen LogP contribution in [0.5, 0.6) is 5.75 Å². The molecule has 0 unspecified atom stereocenters. The average Bonchev–Trinajstić information content (AvgIpc) is 2.77. The fourth-order valence-corrected chi connectivity index (χ4v) is 3.91. The average molecular weight is 414 g/mol. The molecule has 1 aromatic heterocycles. The van der Waals surface area contributed by atoms with Gasteiger partial charge in [0.25, 0.3) is 0 Å². The lowest BCUT2D eigenvalue weighted by molar-refractivity contribution is -0.121. The molecule has 7 nitrogen and oxygen atoms in total. The van der Waals surface area contributed by atoms with E-state index in [1.165, 1.54) is 12.7 Å². The van der Waals surface area contributed by atoms with Crippen LogP contribution in [0.15, 0.2) is 47.4 Å². The molecule has 3 rings (SSSR count).